The average molecular weight is 447 g/mol. The number of hydrogen-bond acceptors (Lipinski definition) is 7. The van der Waals surface area contributed by atoms with Gasteiger partial charge in [-0.2, -0.15) is 0 Å². The molecule has 2 aliphatic rings. The van der Waals surface area contributed by atoms with Crippen LogP contribution in [-0.4, -0.2) is 38.4 Å². The van der Waals surface area contributed by atoms with Gasteiger partial charge < -0.3 is 14.2 Å². The van der Waals surface area contributed by atoms with Gasteiger partial charge in [0.2, 0.25) is 0 Å². The van der Waals surface area contributed by atoms with Crippen molar-refractivity contribution in [3.63, 3.8) is 0 Å². The molecule has 0 N–H and O–H groups in total. The summed E-state index contributed by atoms with van der Waals surface area (Å²) in [5.74, 6) is 4.14. The zero-order chi connectivity index (χ0) is 21.5. The van der Waals surface area contributed by atoms with Crippen LogP contribution in [0.15, 0.2) is 36.7 Å². The van der Waals surface area contributed by atoms with Gasteiger partial charge >= 0.3 is 0 Å². The highest BCUT2D eigenvalue weighted by Crippen LogP contribution is 2.42. The molecule has 4 aromatic rings. The SMILES string of the molecule is COc1ccc(-c2cc3ncnc(N4CCC[C@H]4c4nnc5n4CCCCC5)c3s2)cc1. The van der Waals surface area contributed by atoms with Crippen molar-refractivity contribution < 1.29 is 4.74 Å². The molecule has 1 saturated heterocycles. The first-order valence-corrected chi connectivity index (χ1v) is 12.2. The second kappa shape index (κ2) is 8.16. The lowest BCUT2D eigenvalue weighted by Crippen LogP contribution is -2.26. The topological polar surface area (TPSA) is 69.0 Å². The zero-order valence-corrected chi connectivity index (χ0v) is 19.0. The van der Waals surface area contributed by atoms with E-state index in [9.17, 15) is 0 Å². The molecule has 0 unspecified atom stereocenters. The van der Waals surface area contributed by atoms with E-state index < -0.39 is 0 Å². The Morgan fingerprint density at radius 3 is 2.78 bits per heavy atom. The van der Waals surface area contributed by atoms with E-state index in [-0.39, 0.29) is 6.04 Å². The van der Waals surface area contributed by atoms with E-state index in [0.29, 0.717) is 0 Å². The fourth-order valence-corrected chi connectivity index (χ4v) is 6.11. The van der Waals surface area contributed by atoms with Crippen molar-refractivity contribution >= 4 is 27.4 Å². The zero-order valence-electron chi connectivity index (χ0n) is 18.2. The Bertz CT molecular complexity index is 1250. The highest BCUT2D eigenvalue weighted by Gasteiger charge is 2.33. The van der Waals surface area contributed by atoms with Gasteiger partial charge in [-0.15, -0.1) is 21.5 Å². The molecule has 0 radical (unpaired) electrons. The predicted octanol–water partition coefficient (Wildman–Crippen LogP) is 5.03. The standard InChI is InChI=1S/C24H26N6OS/c1-31-17-10-8-16(9-11-17)20-14-18-22(32-20)24(26-15-25-18)29-13-5-6-19(29)23-28-27-21-7-3-2-4-12-30(21)23/h8-11,14-15,19H,2-7,12-13H2,1H3/t19-/m0/s1. The average Bonchev–Trinajstić information content (AvgIpc) is 3.53. The Morgan fingerprint density at radius 1 is 1.00 bits per heavy atom. The predicted molar refractivity (Wildman–Crippen MR) is 126 cm³/mol. The largest absolute Gasteiger partial charge is 0.497 e. The highest BCUT2D eigenvalue weighted by atomic mass is 32.1. The van der Waals surface area contributed by atoms with Gasteiger partial charge in [-0.05, 0) is 61.6 Å². The van der Waals surface area contributed by atoms with E-state index in [1.807, 2.05) is 12.1 Å². The third-order valence-corrected chi connectivity index (χ3v) is 7.80. The van der Waals surface area contributed by atoms with E-state index in [4.69, 9.17) is 9.72 Å². The van der Waals surface area contributed by atoms with Crippen LogP contribution in [0.3, 0.4) is 0 Å². The number of anilines is 1. The molecule has 1 fully saturated rings. The molecule has 0 aliphatic carbocycles. The van der Waals surface area contributed by atoms with E-state index in [2.05, 4.69) is 42.8 Å². The maximum Gasteiger partial charge on any atom is 0.155 e. The first-order chi connectivity index (χ1) is 15.8. The van der Waals surface area contributed by atoms with Gasteiger partial charge in [0.25, 0.3) is 0 Å². The van der Waals surface area contributed by atoms with Crippen LogP contribution in [0.2, 0.25) is 0 Å². The molecule has 7 nitrogen and oxygen atoms in total. The Hall–Kier alpha value is -3.00. The number of rotatable bonds is 4. The van der Waals surface area contributed by atoms with E-state index in [0.717, 1.165) is 65.8 Å². The molecule has 0 saturated carbocycles. The quantitative estimate of drug-likeness (QED) is 0.438. The second-order valence-corrected chi connectivity index (χ2v) is 9.59. The molecule has 164 valence electrons. The molecule has 5 heterocycles. The second-order valence-electron chi connectivity index (χ2n) is 8.54. The Balaban J connectivity index is 1.38. The Labute approximate surface area is 191 Å². The number of ether oxygens (including phenoxy) is 1. The maximum atomic E-state index is 5.31. The van der Waals surface area contributed by atoms with Crippen LogP contribution >= 0.6 is 11.3 Å². The number of hydrogen-bond donors (Lipinski definition) is 0. The summed E-state index contributed by atoms with van der Waals surface area (Å²) in [5.41, 5.74) is 2.16. The molecule has 0 amide bonds. The summed E-state index contributed by atoms with van der Waals surface area (Å²) in [4.78, 5) is 13.0. The lowest BCUT2D eigenvalue weighted by molar-refractivity contribution is 0.415. The minimum absolute atomic E-state index is 0.221. The minimum Gasteiger partial charge on any atom is -0.497 e. The van der Waals surface area contributed by atoms with Crippen molar-refractivity contribution in [3.05, 3.63) is 48.3 Å². The van der Waals surface area contributed by atoms with Crippen molar-refractivity contribution in [3.8, 4) is 16.2 Å². The van der Waals surface area contributed by atoms with Crippen molar-refractivity contribution in [2.45, 2.75) is 51.1 Å². The summed E-state index contributed by atoms with van der Waals surface area (Å²) in [6, 6.07) is 10.6. The van der Waals surface area contributed by atoms with E-state index in [1.54, 1.807) is 24.8 Å². The van der Waals surface area contributed by atoms with Gasteiger partial charge in [0, 0.05) is 24.4 Å². The summed E-state index contributed by atoms with van der Waals surface area (Å²) in [7, 11) is 1.69. The molecule has 1 aromatic carbocycles. The molecular weight excluding hydrogens is 420 g/mol. The Kier molecular flexibility index (Phi) is 5.02. The van der Waals surface area contributed by atoms with Crippen LogP contribution in [0.5, 0.6) is 5.75 Å². The third kappa shape index (κ3) is 3.33. The number of aryl methyl sites for hydroxylation is 1. The number of benzene rings is 1. The number of nitrogens with zero attached hydrogens (tertiary/aromatic N) is 6. The van der Waals surface area contributed by atoms with Crippen LogP contribution in [0.1, 0.15) is 49.8 Å². The number of aromatic nitrogens is 5. The Morgan fingerprint density at radius 2 is 1.91 bits per heavy atom. The molecule has 6 rings (SSSR count). The normalized spacial score (nSPS) is 18.7. The summed E-state index contributed by atoms with van der Waals surface area (Å²) in [6.07, 6.45) is 8.64. The molecule has 0 bridgehead atoms. The molecule has 8 heteroatoms. The van der Waals surface area contributed by atoms with E-state index in [1.165, 1.54) is 29.7 Å². The third-order valence-electron chi connectivity index (χ3n) is 6.63. The van der Waals surface area contributed by atoms with Crippen molar-refractivity contribution in [1.29, 1.82) is 0 Å². The van der Waals surface area contributed by atoms with Gasteiger partial charge in [0.1, 0.15) is 17.9 Å². The summed E-state index contributed by atoms with van der Waals surface area (Å²) in [5, 5.41) is 9.22. The van der Waals surface area contributed by atoms with Crippen LogP contribution in [0, 0.1) is 0 Å². The summed E-state index contributed by atoms with van der Waals surface area (Å²) >= 11 is 1.76. The van der Waals surface area contributed by atoms with Crippen molar-refractivity contribution in [2.24, 2.45) is 0 Å². The fourth-order valence-electron chi connectivity index (χ4n) is 4.99. The van der Waals surface area contributed by atoms with E-state index >= 15 is 0 Å². The number of methoxy groups -OCH3 is 1. The lowest BCUT2D eigenvalue weighted by atomic mass is 10.2. The van der Waals surface area contributed by atoms with Crippen LogP contribution < -0.4 is 9.64 Å². The van der Waals surface area contributed by atoms with Crippen LogP contribution in [0.4, 0.5) is 5.82 Å². The van der Waals surface area contributed by atoms with Gasteiger partial charge in [0.15, 0.2) is 11.6 Å². The van der Waals surface area contributed by atoms with Gasteiger partial charge in [-0.3, -0.25) is 0 Å². The van der Waals surface area contributed by atoms with Crippen LogP contribution in [-0.2, 0) is 13.0 Å². The maximum absolute atomic E-state index is 5.31. The lowest BCUT2D eigenvalue weighted by Gasteiger charge is -2.25. The molecular formula is C24H26N6OS. The minimum atomic E-state index is 0.221. The van der Waals surface area contributed by atoms with Gasteiger partial charge in [-0.1, -0.05) is 6.42 Å². The summed E-state index contributed by atoms with van der Waals surface area (Å²) in [6.45, 7) is 2.01. The highest BCUT2D eigenvalue weighted by molar-refractivity contribution is 7.22. The number of fused-ring (bicyclic) bond motifs is 2. The van der Waals surface area contributed by atoms with Crippen molar-refractivity contribution in [1.82, 2.24) is 24.7 Å². The first kappa shape index (κ1) is 19.7. The van der Waals surface area contributed by atoms with Crippen molar-refractivity contribution in [2.75, 3.05) is 18.6 Å². The number of thiophene rings is 1. The molecule has 1 atom stereocenters. The molecule has 2 aliphatic heterocycles. The monoisotopic (exact) mass is 446 g/mol. The van der Waals surface area contributed by atoms with Gasteiger partial charge in [-0.25, -0.2) is 9.97 Å². The molecule has 3 aromatic heterocycles. The first-order valence-electron chi connectivity index (χ1n) is 11.4. The molecule has 32 heavy (non-hydrogen) atoms. The van der Waals surface area contributed by atoms with Gasteiger partial charge in [0.05, 0.1) is 23.4 Å². The smallest absolute Gasteiger partial charge is 0.155 e. The van der Waals surface area contributed by atoms with Crippen LogP contribution in [0.25, 0.3) is 20.7 Å². The molecule has 0 spiro atoms. The fraction of sp³-hybridized carbons (Fsp3) is 0.417. The summed E-state index contributed by atoms with van der Waals surface area (Å²) < 4.78 is 8.83.